The fraction of sp³-hybridized carbons (Fsp3) is 0.357. The molecule has 0 radical (unpaired) electrons. The van der Waals surface area contributed by atoms with Crippen LogP contribution in [0.4, 0.5) is 0 Å². The maximum atomic E-state index is 5.89. The van der Waals surface area contributed by atoms with Gasteiger partial charge in [-0.25, -0.2) is 0 Å². The topological polar surface area (TPSA) is 39.1 Å². The molecular formula is C14H18BrN3O. The van der Waals surface area contributed by atoms with Crippen molar-refractivity contribution in [3.05, 3.63) is 40.6 Å². The average Bonchev–Trinajstić information content (AvgIpc) is 2.78. The van der Waals surface area contributed by atoms with Gasteiger partial charge in [-0.2, -0.15) is 5.10 Å². The first kappa shape index (κ1) is 14.1. The van der Waals surface area contributed by atoms with Gasteiger partial charge >= 0.3 is 0 Å². The molecule has 1 aromatic carbocycles. The second-order valence-corrected chi connectivity index (χ2v) is 5.30. The maximum Gasteiger partial charge on any atom is 0.165 e. The van der Waals surface area contributed by atoms with Crippen LogP contribution in [-0.2, 0) is 13.6 Å². The molecule has 0 saturated carbocycles. The van der Waals surface area contributed by atoms with Crippen LogP contribution in [0, 0.1) is 0 Å². The third kappa shape index (κ3) is 4.08. The molecule has 0 aliphatic heterocycles. The molecule has 4 nitrogen and oxygen atoms in total. The number of rotatable bonds is 6. The Bertz CT molecular complexity index is 539. The summed E-state index contributed by atoms with van der Waals surface area (Å²) in [6.07, 6.45) is 4.68. The van der Waals surface area contributed by atoms with Crippen LogP contribution in [0.5, 0.6) is 11.5 Å². The zero-order valence-corrected chi connectivity index (χ0v) is 12.8. The van der Waals surface area contributed by atoms with E-state index in [1.165, 1.54) is 0 Å². The van der Waals surface area contributed by atoms with Crippen LogP contribution in [0.15, 0.2) is 35.1 Å². The van der Waals surface area contributed by atoms with Crippen LogP contribution < -0.4 is 10.1 Å². The molecular weight excluding hydrogens is 306 g/mol. The van der Waals surface area contributed by atoms with Gasteiger partial charge in [0.05, 0.1) is 12.4 Å². The summed E-state index contributed by atoms with van der Waals surface area (Å²) in [5.74, 6) is 1.60. The minimum atomic E-state index is 0.748. The summed E-state index contributed by atoms with van der Waals surface area (Å²) in [5, 5.41) is 7.49. The molecule has 1 aromatic heterocycles. The second kappa shape index (κ2) is 6.73. The fourth-order valence-electron chi connectivity index (χ4n) is 1.75. The molecule has 0 saturated heterocycles. The first-order chi connectivity index (χ1) is 9.19. The van der Waals surface area contributed by atoms with E-state index in [-0.39, 0.29) is 0 Å². The Hall–Kier alpha value is -1.33. The van der Waals surface area contributed by atoms with E-state index in [0.29, 0.717) is 0 Å². The van der Waals surface area contributed by atoms with Crippen molar-refractivity contribution in [1.82, 2.24) is 15.1 Å². The highest BCUT2D eigenvalue weighted by Crippen LogP contribution is 2.28. The van der Waals surface area contributed by atoms with E-state index in [0.717, 1.165) is 41.0 Å². The van der Waals surface area contributed by atoms with Crippen LogP contribution >= 0.6 is 15.9 Å². The predicted octanol–water partition coefficient (Wildman–Crippen LogP) is 3.47. The highest BCUT2D eigenvalue weighted by Gasteiger charge is 2.07. The van der Waals surface area contributed by atoms with Crippen molar-refractivity contribution in [2.24, 2.45) is 7.05 Å². The number of aryl methyl sites for hydroxylation is 1. The second-order valence-electron chi connectivity index (χ2n) is 4.38. The van der Waals surface area contributed by atoms with E-state index < -0.39 is 0 Å². The third-order valence-electron chi connectivity index (χ3n) is 2.68. The van der Waals surface area contributed by atoms with Crippen molar-refractivity contribution in [2.45, 2.75) is 19.9 Å². The van der Waals surface area contributed by atoms with Gasteiger partial charge in [-0.3, -0.25) is 4.68 Å². The molecule has 0 fully saturated rings. The van der Waals surface area contributed by atoms with Gasteiger partial charge in [-0.1, -0.05) is 28.9 Å². The summed E-state index contributed by atoms with van der Waals surface area (Å²) < 4.78 is 8.62. The Kier molecular flexibility index (Phi) is 4.99. The standard InChI is InChI=1S/C14H18BrN3O/c1-3-6-16-8-11-4-5-12(15)7-14(11)19-13-9-17-18(2)10-13/h4-5,7,9-10,16H,3,6,8H2,1-2H3. The Morgan fingerprint density at radius 1 is 1.42 bits per heavy atom. The summed E-state index contributed by atoms with van der Waals surface area (Å²) >= 11 is 3.48. The largest absolute Gasteiger partial charge is 0.454 e. The van der Waals surface area contributed by atoms with Gasteiger partial charge in [-0.05, 0) is 25.1 Å². The number of hydrogen-bond donors (Lipinski definition) is 1. The lowest BCUT2D eigenvalue weighted by Gasteiger charge is -2.11. The molecule has 5 heteroatoms. The molecule has 1 heterocycles. The van der Waals surface area contributed by atoms with E-state index in [9.17, 15) is 0 Å². The van der Waals surface area contributed by atoms with Gasteiger partial charge in [0, 0.05) is 23.6 Å². The van der Waals surface area contributed by atoms with Gasteiger partial charge < -0.3 is 10.1 Å². The van der Waals surface area contributed by atoms with Crippen molar-refractivity contribution < 1.29 is 4.74 Å². The molecule has 0 amide bonds. The number of benzene rings is 1. The first-order valence-electron chi connectivity index (χ1n) is 6.34. The van der Waals surface area contributed by atoms with Crippen LogP contribution in [-0.4, -0.2) is 16.3 Å². The minimum Gasteiger partial charge on any atom is -0.454 e. The highest BCUT2D eigenvalue weighted by atomic mass is 79.9. The highest BCUT2D eigenvalue weighted by molar-refractivity contribution is 9.10. The van der Waals surface area contributed by atoms with E-state index in [1.807, 2.05) is 25.4 Å². The Morgan fingerprint density at radius 3 is 2.95 bits per heavy atom. The SMILES string of the molecule is CCCNCc1ccc(Br)cc1Oc1cnn(C)c1. The number of aromatic nitrogens is 2. The van der Waals surface area contributed by atoms with Crippen LogP contribution in [0.25, 0.3) is 0 Å². The van der Waals surface area contributed by atoms with E-state index in [4.69, 9.17) is 4.74 Å². The predicted molar refractivity (Wildman–Crippen MR) is 79.4 cm³/mol. The molecule has 0 aliphatic carbocycles. The smallest absolute Gasteiger partial charge is 0.165 e. The van der Waals surface area contributed by atoms with Gasteiger partial charge in [0.1, 0.15) is 5.75 Å². The molecule has 2 rings (SSSR count). The molecule has 1 N–H and O–H groups in total. The molecule has 102 valence electrons. The molecule has 0 unspecified atom stereocenters. The van der Waals surface area contributed by atoms with Crippen LogP contribution in [0.3, 0.4) is 0 Å². The molecule has 0 bridgehead atoms. The average molecular weight is 324 g/mol. The molecule has 0 atom stereocenters. The zero-order valence-electron chi connectivity index (χ0n) is 11.2. The zero-order chi connectivity index (χ0) is 13.7. The Morgan fingerprint density at radius 2 is 2.26 bits per heavy atom. The Labute approximate surface area is 121 Å². The third-order valence-corrected chi connectivity index (χ3v) is 3.17. The van der Waals surface area contributed by atoms with Crippen molar-refractivity contribution in [2.75, 3.05) is 6.54 Å². The summed E-state index contributed by atoms with van der Waals surface area (Å²) in [4.78, 5) is 0. The van der Waals surface area contributed by atoms with E-state index >= 15 is 0 Å². The van der Waals surface area contributed by atoms with Crippen LogP contribution in [0.1, 0.15) is 18.9 Å². The van der Waals surface area contributed by atoms with Crippen molar-refractivity contribution in [1.29, 1.82) is 0 Å². The quantitative estimate of drug-likeness (QED) is 0.827. The molecule has 0 aliphatic rings. The molecule has 2 aromatic rings. The summed E-state index contributed by atoms with van der Waals surface area (Å²) in [6, 6.07) is 6.08. The van der Waals surface area contributed by atoms with Crippen molar-refractivity contribution in [3.63, 3.8) is 0 Å². The van der Waals surface area contributed by atoms with Gasteiger partial charge in [0.2, 0.25) is 0 Å². The lowest BCUT2D eigenvalue weighted by Crippen LogP contribution is -2.14. The number of ether oxygens (including phenoxy) is 1. The summed E-state index contributed by atoms with van der Waals surface area (Å²) in [6.45, 7) is 3.96. The Balaban J connectivity index is 2.14. The number of hydrogen-bond acceptors (Lipinski definition) is 3. The van der Waals surface area contributed by atoms with Gasteiger partial charge in [0.15, 0.2) is 5.75 Å². The van der Waals surface area contributed by atoms with Gasteiger partial charge in [0.25, 0.3) is 0 Å². The fourth-order valence-corrected chi connectivity index (χ4v) is 2.09. The van der Waals surface area contributed by atoms with Crippen molar-refractivity contribution in [3.8, 4) is 11.5 Å². The number of nitrogens with zero attached hydrogens (tertiary/aromatic N) is 2. The van der Waals surface area contributed by atoms with E-state index in [2.05, 4.69) is 39.3 Å². The van der Waals surface area contributed by atoms with Crippen molar-refractivity contribution >= 4 is 15.9 Å². The van der Waals surface area contributed by atoms with Crippen LogP contribution in [0.2, 0.25) is 0 Å². The normalized spacial score (nSPS) is 10.7. The molecule has 0 spiro atoms. The number of halogens is 1. The maximum absolute atomic E-state index is 5.89. The summed E-state index contributed by atoms with van der Waals surface area (Å²) in [5.41, 5.74) is 1.14. The monoisotopic (exact) mass is 323 g/mol. The van der Waals surface area contributed by atoms with Gasteiger partial charge in [-0.15, -0.1) is 0 Å². The molecule has 19 heavy (non-hydrogen) atoms. The number of nitrogens with one attached hydrogen (secondary N) is 1. The van der Waals surface area contributed by atoms with E-state index in [1.54, 1.807) is 10.9 Å². The first-order valence-corrected chi connectivity index (χ1v) is 7.14. The lowest BCUT2D eigenvalue weighted by atomic mass is 10.2. The minimum absolute atomic E-state index is 0.748. The summed E-state index contributed by atoms with van der Waals surface area (Å²) in [7, 11) is 1.87. The lowest BCUT2D eigenvalue weighted by molar-refractivity contribution is 0.471.